The third-order valence-electron chi connectivity index (χ3n) is 2.07. The van der Waals surface area contributed by atoms with Crippen LogP contribution in [-0.2, 0) is 17.2 Å². The van der Waals surface area contributed by atoms with Crippen molar-refractivity contribution in [3.05, 3.63) is 23.0 Å². The van der Waals surface area contributed by atoms with Crippen LogP contribution in [-0.4, -0.2) is 32.0 Å². The first kappa shape index (κ1) is 12.8. The second-order valence-electron chi connectivity index (χ2n) is 3.24. The molecule has 0 spiro atoms. The number of pyridine rings is 1. The van der Waals surface area contributed by atoms with Crippen LogP contribution in [0.5, 0.6) is 5.75 Å². The molecule has 0 aromatic carbocycles. The summed E-state index contributed by atoms with van der Waals surface area (Å²) in [6.07, 6.45) is 1.55. The lowest BCUT2D eigenvalue weighted by Gasteiger charge is -2.09. The highest BCUT2D eigenvalue weighted by molar-refractivity contribution is 7.99. The Kier molecular flexibility index (Phi) is 4.57. The van der Waals surface area contributed by atoms with E-state index in [0.717, 1.165) is 0 Å². The van der Waals surface area contributed by atoms with E-state index in [1.54, 1.807) is 13.1 Å². The van der Waals surface area contributed by atoms with Crippen LogP contribution in [0.2, 0.25) is 0 Å². The molecule has 1 heterocycles. The van der Waals surface area contributed by atoms with Gasteiger partial charge >= 0.3 is 5.97 Å². The summed E-state index contributed by atoms with van der Waals surface area (Å²) in [5.41, 5.74) is 1.54. The minimum Gasteiger partial charge on any atom is -0.506 e. The first-order chi connectivity index (χ1) is 7.56. The molecule has 0 aliphatic carbocycles. The molecule has 16 heavy (non-hydrogen) atoms. The van der Waals surface area contributed by atoms with Gasteiger partial charge in [-0.05, 0) is 12.5 Å². The molecule has 5 nitrogen and oxygen atoms in total. The van der Waals surface area contributed by atoms with Crippen LogP contribution in [0.15, 0.2) is 6.20 Å². The molecule has 0 saturated carbocycles. The minimum atomic E-state index is -0.889. The Balaban J connectivity index is 2.79. The zero-order valence-corrected chi connectivity index (χ0v) is 9.62. The lowest BCUT2D eigenvalue weighted by atomic mass is 10.1. The molecule has 0 atom stereocenters. The van der Waals surface area contributed by atoms with Crippen molar-refractivity contribution in [2.75, 3.05) is 5.75 Å². The third kappa shape index (κ3) is 3.11. The number of aryl methyl sites for hydroxylation is 1. The number of thioether (sulfide) groups is 1. The van der Waals surface area contributed by atoms with Crippen molar-refractivity contribution >= 4 is 17.7 Å². The van der Waals surface area contributed by atoms with Crippen LogP contribution >= 0.6 is 11.8 Å². The number of carboxylic acid groups (broad SMARTS) is 1. The number of hydrogen-bond acceptors (Lipinski definition) is 5. The number of carbonyl (C=O) groups is 1. The topological polar surface area (TPSA) is 90.7 Å². The number of rotatable bonds is 5. The molecule has 0 unspecified atom stereocenters. The summed E-state index contributed by atoms with van der Waals surface area (Å²) >= 11 is 1.20. The zero-order chi connectivity index (χ0) is 12.1. The Hall–Kier alpha value is -1.27. The van der Waals surface area contributed by atoms with Crippen molar-refractivity contribution in [3.8, 4) is 5.75 Å². The van der Waals surface area contributed by atoms with Crippen LogP contribution in [0, 0.1) is 6.92 Å². The van der Waals surface area contributed by atoms with Crippen molar-refractivity contribution < 1.29 is 20.1 Å². The van der Waals surface area contributed by atoms with Gasteiger partial charge in [0.1, 0.15) is 5.75 Å². The largest absolute Gasteiger partial charge is 0.506 e. The molecule has 1 aromatic heterocycles. The standard InChI is InChI=1S/C10H13NO4S/c1-6-10(15)8(3-12)7(2-11-6)4-16-5-9(13)14/h2,12,15H,3-5H2,1H3,(H,13,14). The first-order valence-electron chi connectivity index (χ1n) is 4.63. The number of aliphatic hydroxyl groups excluding tert-OH is 1. The van der Waals surface area contributed by atoms with Gasteiger partial charge in [0.2, 0.25) is 0 Å². The van der Waals surface area contributed by atoms with Crippen molar-refractivity contribution in [3.63, 3.8) is 0 Å². The van der Waals surface area contributed by atoms with Crippen LogP contribution < -0.4 is 0 Å². The summed E-state index contributed by atoms with van der Waals surface area (Å²) in [5.74, 6) is -0.515. The quantitative estimate of drug-likeness (QED) is 0.712. The van der Waals surface area contributed by atoms with Gasteiger partial charge in [-0.1, -0.05) is 0 Å². The molecule has 0 fully saturated rings. The van der Waals surface area contributed by atoms with Gasteiger partial charge in [-0.15, -0.1) is 11.8 Å². The van der Waals surface area contributed by atoms with Gasteiger partial charge in [0.25, 0.3) is 0 Å². The van der Waals surface area contributed by atoms with Crippen molar-refractivity contribution in [1.29, 1.82) is 0 Å². The number of aliphatic hydroxyl groups is 1. The zero-order valence-electron chi connectivity index (χ0n) is 8.80. The second kappa shape index (κ2) is 5.72. The van der Waals surface area contributed by atoms with Gasteiger partial charge in [-0.3, -0.25) is 9.78 Å². The smallest absolute Gasteiger partial charge is 0.313 e. The van der Waals surface area contributed by atoms with E-state index < -0.39 is 5.97 Å². The summed E-state index contributed by atoms with van der Waals surface area (Å²) in [4.78, 5) is 14.3. The summed E-state index contributed by atoms with van der Waals surface area (Å²) in [6, 6.07) is 0. The molecule has 88 valence electrons. The molecule has 3 N–H and O–H groups in total. The fourth-order valence-corrected chi connectivity index (χ4v) is 1.98. The summed E-state index contributed by atoms with van der Waals surface area (Å²) < 4.78 is 0. The maximum Gasteiger partial charge on any atom is 0.313 e. The Labute approximate surface area is 97.1 Å². The molecule has 6 heteroatoms. The van der Waals surface area contributed by atoms with Crippen LogP contribution in [0.4, 0.5) is 0 Å². The normalized spacial score (nSPS) is 10.4. The Bertz CT molecular complexity index is 395. The Morgan fingerprint density at radius 1 is 1.56 bits per heavy atom. The number of aromatic hydroxyl groups is 1. The van der Waals surface area contributed by atoms with E-state index in [9.17, 15) is 9.90 Å². The predicted octanol–water partition coefficient (Wildman–Crippen LogP) is 0.906. The fourth-order valence-electron chi connectivity index (χ4n) is 1.23. The van der Waals surface area contributed by atoms with E-state index >= 15 is 0 Å². The second-order valence-corrected chi connectivity index (χ2v) is 4.23. The van der Waals surface area contributed by atoms with E-state index in [-0.39, 0.29) is 18.1 Å². The van der Waals surface area contributed by atoms with Crippen LogP contribution in [0.3, 0.4) is 0 Å². The lowest BCUT2D eigenvalue weighted by Crippen LogP contribution is -2.01. The fraction of sp³-hybridized carbons (Fsp3) is 0.400. The number of hydrogen-bond donors (Lipinski definition) is 3. The molecule has 0 amide bonds. The van der Waals surface area contributed by atoms with Gasteiger partial charge in [0.15, 0.2) is 0 Å². The average Bonchev–Trinajstić information content (AvgIpc) is 2.23. The predicted molar refractivity (Wildman–Crippen MR) is 60.4 cm³/mol. The average molecular weight is 243 g/mol. The van der Waals surface area contributed by atoms with Crippen LogP contribution in [0.1, 0.15) is 16.8 Å². The van der Waals surface area contributed by atoms with E-state index in [2.05, 4.69) is 4.98 Å². The van der Waals surface area contributed by atoms with Crippen molar-refractivity contribution in [2.45, 2.75) is 19.3 Å². The van der Waals surface area contributed by atoms with E-state index in [4.69, 9.17) is 10.2 Å². The van der Waals surface area contributed by atoms with Crippen molar-refractivity contribution in [1.82, 2.24) is 4.98 Å². The summed E-state index contributed by atoms with van der Waals surface area (Å²) in [6.45, 7) is 1.36. The molecule has 0 aliphatic rings. The molecule has 1 aromatic rings. The molecular formula is C10H13NO4S. The maximum absolute atomic E-state index is 10.3. The van der Waals surface area contributed by atoms with Crippen molar-refractivity contribution in [2.24, 2.45) is 0 Å². The van der Waals surface area contributed by atoms with Gasteiger partial charge in [0, 0.05) is 17.5 Å². The summed E-state index contributed by atoms with van der Waals surface area (Å²) in [7, 11) is 0. The SMILES string of the molecule is Cc1ncc(CSCC(=O)O)c(CO)c1O. The van der Waals surface area contributed by atoms with E-state index in [1.165, 1.54) is 11.8 Å². The van der Waals surface area contributed by atoms with Crippen LogP contribution in [0.25, 0.3) is 0 Å². The number of carboxylic acids is 1. The van der Waals surface area contributed by atoms with E-state index in [1.807, 2.05) is 0 Å². The highest BCUT2D eigenvalue weighted by Crippen LogP contribution is 2.26. The molecule has 1 rings (SSSR count). The minimum absolute atomic E-state index is 0.0144. The Morgan fingerprint density at radius 2 is 2.25 bits per heavy atom. The third-order valence-corrected chi connectivity index (χ3v) is 3.04. The van der Waals surface area contributed by atoms with Gasteiger partial charge in [-0.2, -0.15) is 0 Å². The van der Waals surface area contributed by atoms with Gasteiger partial charge in [-0.25, -0.2) is 0 Å². The highest BCUT2D eigenvalue weighted by atomic mass is 32.2. The molecule has 0 aliphatic heterocycles. The number of nitrogens with zero attached hydrogens (tertiary/aromatic N) is 1. The van der Waals surface area contributed by atoms with E-state index in [0.29, 0.717) is 22.6 Å². The maximum atomic E-state index is 10.3. The van der Waals surface area contributed by atoms with Gasteiger partial charge < -0.3 is 15.3 Å². The Morgan fingerprint density at radius 3 is 2.81 bits per heavy atom. The number of aromatic nitrogens is 1. The first-order valence-corrected chi connectivity index (χ1v) is 5.78. The highest BCUT2D eigenvalue weighted by Gasteiger charge is 2.11. The number of aliphatic carboxylic acids is 1. The van der Waals surface area contributed by atoms with Gasteiger partial charge in [0.05, 0.1) is 18.1 Å². The molecule has 0 saturated heterocycles. The molecule has 0 radical (unpaired) electrons. The summed E-state index contributed by atoms with van der Waals surface area (Å²) in [5, 5.41) is 27.2. The monoisotopic (exact) mass is 243 g/mol. The molecular weight excluding hydrogens is 230 g/mol. The lowest BCUT2D eigenvalue weighted by molar-refractivity contribution is -0.133. The molecule has 0 bridgehead atoms.